The van der Waals surface area contributed by atoms with Crippen LogP contribution in [0.5, 0.6) is 0 Å². The number of nitrogens with zero attached hydrogens (tertiary/aromatic N) is 1. The molecule has 0 aromatic carbocycles. The SMILES string of the molecule is Cc1cc(CS(=O)C(C)C(=O)NCC2CCCCC2)no1. The van der Waals surface area contributed by atoms with Crippen molar-refractivity contribution in [1.29, 1.82) is 0 Å². The third-order valence-corrected chi connectivity index (χ3v) is 5.60. The molecule has 6 heteroatoms. The lowest BCUT2D eigenvalue weighted by molar-refractivity contribution is -0.120. The first-order valence-corrected chi connectivity index (χ1v) is 9.01. The fraction of sp³-hybridized carbons (Fsp3) is 0.733. The summed E-state index contributed by atoms with van der Waals surface area (Å²) in [6.45, 7) is 4.21. The molecular formula is C15H24N2O3S. The Morgan fingerprint density at radius 1 is 1.48 bits per heavy atom. The van der Waals surface area contributed by atoms with Crippen LogP contribution in [0, 0.1) is 12.8 Å². The fourth-order valence-corrected chi connectivity index (χ4v) is 3.66. The van der Waals surface area contributed by atoms with Crippen LogP contribution >= 0.6 is 0 Å². The molecule has 0 bridgehead atoms. The van der Waals surface area contributed by atoms with E-state index in [1.807, 2.05) is 0 Å². The Bertz CT molecular complexity index is 495. The fourth-order valence-electron chi connectivity index (χ4n) is 2.66. The third kappa shape index (κ3) is 4.95. The molecule has 2 unspecified atom stereocenters. The van der Waals surface area contributed by atoms with Gasteiger partial charge in [-0.15, -0.1) is 0 Å². The highest BCUT2D eigenvalue weighted by atomic mass is 32.2. The molecule has 0 spiro atoms. The summed E-state index contributed by atoms with van der Waals surface area (Å²) in [4.78, 5) is 12.1. The lowest BCUT2D eigenvalue weighted by Gasteiger charge is -2.22. The Morgan fingerprint density at radius 2 is 2.19 bits per heavy atom. The second-order valence-electron chi connectivity index (χ2n) is 5.85. The van der Waals surface area contributed by atoms with Crippen LogP contribution < -0.4 is 5.32 Å². The van der Waals surface area contributed by atoms with E-state index >= 15 is 0 Å². The highest BCUT2D eigenvalue weighted by molar-refractivity contribution is 7.85. The molecule has 1 aromatic rings. The number of rotatable bonds is 6. The maximum absolute atomic E-state index is 12.2. The number of aryl methyl sites for hydroxylation is 1. The molecule has 1 fully saturated rings. The van der Waals surface area contributed by atoms with E-state index in [4.69, 9.17) is 4.52 Å². The largest absolute Gasteiger partial charge is 0.361 e. The van der Waals surface area contributed by atoms with Crippen molar-refractivity contribution in [2.45, 2.75) is 57.0 Å². The molecule has 1 saturated carbocycles. The molecule has 2 atom stereocenters. The zero-order chi connectivity index (χ0) is 15.2. The average Bonchev–Trinajstić information content (AvgIpc) is 2.90. The van der Waals surface area contributed by atoms with Crippen LogP contribution in [0.3, 0.4) is 0 Å². The highest BCUT2D eigenvalue weighted by Gasteiger charge is 2.22. The molecule has 2 rings (SSSR count). The van der Waals surface area contributed by atoms with Crippen molar-refractivity contribution < 1.29 is 13.5 Å². The number of nitrogens with one attached hydrogen (secondary N) is 1. The predicted molar refractivity (Wildman–Crippen MR) is 82.1 cm³/mol. The minimum absolute atomic E-state index is 0.126. The van der Waals surface area contributed by atoms with Gasteiger partial charge < -0.3 is 9.84 Å². The van der Waals surface area contributed by atoms with Gasteiger partial charge in [0.2, 0.25) is 5.91 Å². The van der Waals surface area contributed by atoms with E-state index < -0.39 is 16.0 Å². The van der Waals surface area contributed by atoms with Gasteiger partial charge in [-0.3, -0.25) is 9.00 Å². The van der Waals surface area contributed by atoms with Crippen LogP contribution in [0.4, 0.5) is 0 Å². The van der Waals surface area contributed by atoms with Crippen molar-refractivity contribution in [2.24, 2.45) is 5.92 Å². The standard InChI is InChI=1S/C15H24N2O3S/c1-11-8-14(17-20-11)10-21(19)12(2)15(18)16-9-13-6-4-3-5-7-13/h8,12-13H,3-7,9-10H2,1-2H3,(H,16,18). The van der Waals surface area contributed by atoms with E-state index in [9.17, 15) is 9.00 Å². The molecule has 0 saturated heterocycles. The Balaban J connectivity index is 1.76. The molecule has 1 heterocycles. The van der Waals surface area contributed by atoms with E-state index in [1.54, 1.807) is 19.9 Å². The van der Waals surface area contributed by atoms with Gasteiger partial charge in [0.25, 0.3) is 0 Å². The van der Waals surface area contributed by atoms with Crippen molar-refractivity contribution in [3.8, 4) is 0 Å². The molecule has 1 aromatic heterocycles. The van der Waals surface area contributed by atoms with Gasteiger partial charge in [-0.1, -0.05) is 24.4 Å². The minimum Gasteiger partial charge on any atom is -0.361 e. The quantitative estimate of drug-likeness (QED) is 0.875. The summed E-state index contributed by atoms with van der Waals surface area (Å²) in [5.74, 6) is 1.41. The highest BCUT2D eigenvalue weighted by Crippen LogP contribution is 2.22. The Morgan fingerprint density at radius 3 is 2.81 bits per heavy atom. The summed E-state index contributed by atoms with van der Waals surface area (Å²) < 4.78 is 17.1. The summed E-state index contributed by atoms with van der Waals surface area (Å²) in [7, 11) is -1.27. The topological polar surface area (TPSA) is 72.2 Å². The van der Waals surface area contributed by atoms with E-state index in [2.05, 4.69) is 10.5 Å². The van der Waals surface area contributed by atoms with Gasteiger partial charge in [0.05, 0.1) is 11.4 Å². The second-order valence-corrected chi connectivity index (χ2v) is 7.60. The smallest absolute Gasteiger partial charge is 0.235 e. The molecule has 0 radical (unpaired) electrons. The van der Waals surface area contributed by atoms with E-state index in [0.717, 1.165) is 0 Å². The first kappa shape index (κ1) is 16.2. The zero-order valence-corrected chi connectivity index (χ0v) is 13.6. The van der Waals surface area contributed by atoms with E-state index in [0.29, 0.717) is 23.9 Å². The molecular weight excluding hydrogens is 288 g/mol. The molecule has 1 N–H and O–H groups in total. The summed E-state index contributed by atoms with van der Waals surface area (Å²) >= 11 is 0. The van der Waals surface area contributed by atoms with Gasteiger partial charge in [-0.25, -0.2) is 0 Å². The van der Waals surface area contributed by atoms with Gasteiger partial charge in [0.1, 0.15) is 11.0 Å². The lowest BCUT2D eigenvalue weighted by atomic mass is 9.89. The first-order valence-electron chi connectivity index (χ1n) is 7.63. The second kappa shape index (κ2) is 7.73. The summed E-state index contributed by atoms with van der Waals surface area (Å²) in [6.07, 6.45) is 6.20. The maximum Gasteiger partial charge on any atom is 0.235 e. The van der Waals surface area contributed by atoms with Gasteiger partial charge in [0.15, 0.2) is 0 Å². The van der Waals surface area contributed by atoms with Gasteiger partial charge in [-0.05, 0) is 32.6 Å². The van der Waals surface area contributed by atoms with Crippen molar-refractivity contribution in [3.05, 3.63) is 17.5 Å². The molecule has 5 nitrogen and oxygen atoms in total. The molecule has 21 heavy (non-hydrogen) atoms. The number of aromatic nitrogens is 1. The van der Waals surface area contributed by atoms with E-state index in [1.165, 1.54) is 32.1 Å². The Labute approximate surface area is 128 Å². The van der Waals surface area contributed by atoms with Crippen molar-refractivity contribution in [2.75, 3.05) is 6.54 Å². The van der Waals surface area contributed by atoms with Gasteiger partial charge in [0, 0.05) is 23.4 Å². The monoisotopic (exact) mass is 312 g/mol. The average molecular weight is 312 g/mol. The number of hydrogen-bond acceptors (Lipinski definition) is 4. The number of carbonyl (C=O) groups is 1. The Hall–Kier alpha value is -1.17. The normalized spacial score (nSPS) is 19.1. The minimum atomic E-state index is -1.27. The number of hydrogen-bond donors (Lipinski definition) is 1. The first-order chi connectivity index (χ1) is 10.1. The van der Waals surface area contributed by atoms with Crippen LogP contribution in [0.1, 0.15) is 50.5 Å². The van der Waals surface area contributed by atoms with E-state index in [-0.39, 0.29) is 11.7 Å². The number of amides is 1. The summed E-state index contributed by atoms with van der Waals surface area (Å²) in [6, 6.07) is 1.75. The zero-order valence-electron chi connectivity index (χ0n) is 12.8. The van der Waals surface area contributed by atoms with Gasteiger partial charge >= 0.3 is 0 Å². The van der Waals surface area contributed by atoms with Crippen LogP contribution in [0.15, 0.2) is 10.6 Å². The van der Waals surface area contributed by atoms with Crippen molar-refractivity contribution in [1.82, 2.24) is 10.5 Å². The third-order valence-electron chi connectivity index (χ3n) is 4.02. The van der Waals surface area contributed by atoms with Crippen LogP contribution in [-0.4, -0.2) is 27.1 Å². The Kier molecular flexibility index (Phi) is 5.96. The molecule has 1 amide bonds. The molecule has 0 aliphatic heterocycles. The van der Waals surface area contributed by atoms with Crippen LogP contribution in [-0.2, 0) is 21.3 Å². The maximum atomic E-state index is 12.2. The molecule has 118 valence electrons. The van der Waals surface area contributed by atoms with Gasteiger partial charge in [-0.2, -0.15) is 0 Å². The van der Waals surface area contributed by atoms with Crippen molar-refractivity contribution in [3.63, 3.8) is 0 Å². The predicted octanol–water partition coefficient (Wildman–Crippen LogP) is 2.32. The summed E-state index contributed by atoms with van der Waals surface area (Å²) in [5.41, 5.74) is 0.637. The number of carbonyl (C=O) groups excluding carboxylic acids is 1. The lowest BCUT2D eigenvalue weighted by Crippen LogP contribution is -2.38. The molecule has 1 aliphatic rings. The molecule has 1 aliphatic carbocycles. The van der Waals surface area contributed by atoms with Crippen molar-refractivity contribution >= 4 is 16.7 Å². The van der Waals surface area contributed by atoms with Crippen LogP contribution in [0.25, 0.3) is 0 Å². The summed E-state index contributed by atoms with van der Waals surface area (Å²) in [5, 5.41) is 6.24. The van der Waals surface area contributed by atoms with Crippen LogP contribution in [0.2, 0.25) is 0 Å².